The van der Waals surface area contributed by atoms with Crippen molar-refractivity contribution in [2.45, 2.75) is 0 Å². The van der Waals surface area contributed by atoms with Crippen molar-refractivity contribution >= 4 is 45.8 Å². The van der Waals surface area contributed by atoms with Gasteiger partial charge in [-0.25, -0.2) is 9.38 Å². The fourth-order valence-corrected chi connectivity index (χ4v) is 2.57. The van der Waals surface area contributed by atoms with E-state index in [1.807, 2.05) is 29.7 Å². The number of methoxy groups -OCH3 is 1. The van der Waals surface area contributed by atoms with Crippen LogP contribution in [0.25, 0.3) is 5.70 Å². The molecule has 124 valence electrons. The number of hydrazone groups is 1. The Morgan fingerprint density at radius 3 is 2.67 bits per heavy atom. The third kappa shape index (κ3) is 4.69. The molecule has 2 aromatic rings. The summed E-state index contributed by atoms with van der Waals surface area (Å²) in [7, 11) is 1.63. The van der Waals surface area contributed by atoms with E-state index in [1.54, 1.807) is 25.5 Å². The number of nitrogens with one attached hydrogen (secondary N) is 1. The first kappa shape index (κ1) is 18.2. The van der Waals surface area contributed by atoms with E-state index in [2.05, 4.69) is 15.5 Å². The lowest BCUT2D eigenvalue weighted by Gasteiger charge is -2.11. The highest BCUT2D eigenvalue weighted by atomic mass is 79.9. The highest BCUT2D eigenvalue weighted by Crippen LogP contribution is 2.22. The molecule has 24 heavy (non-hydrogen) atoms. The lowest BCUT2D eigenvalue weighted by molar-refractivity contribution is 0.415. The van der Waals surface area contributed by atoms with Crippen LogP contribution in [0.3, 0.4) is 0 Å². The van der Waals surface area contributed by atoms with Crippen molar-refractivity contribution in [3.8, 4) is 5.75 Å². The molecule has 1 aliphatic rings. The van der Waals surface area contributed by atoms with Crippen LogP contribution in [-0.4, -0.2) is 18.5 Å². The average molecular weight is 408 g/mol. The Kier molecular flexibility index (Phi) is 6.57. The number of ether oxygens (including phenoxy) is 1. The van der Waals surface area contributed by atoms with Crippen molar-refractivity contribution in [2.75, 3.05) is 7.11 Å². The summed E-state index contributed by atoms with van der Waals surface area (Å²) < 4.78 is 18.1. The van der Waals surface area contributed by atoms with Gasteiger partial charge in [0.05, 0.1) is 12.8 Å². The van der Waals surface area contributed by atoms with Gasteiger partial charge in [0, 0.05) is 17.2 Å². The third-order valence-corrected chi connectivity index (χ3v) is 3.89. The molecule has 3 rings (SSSR count). The van der Waals surface area contributed by atoms with Crippen LogP contribution in [0.1, 0.15) is 11.1 Å². The second kappa shape index (κ2) is 8.65. The molecule has 0 unspecified atom stereocenters. The van der Waals surface area contributed by atoms with Gasteiger partial charge < -0.3 is 4.74 Å². The molecular weight excluding hydrogens is 393 g/mol. The monoisotopic (exact) mass is 407 g/mol. The van der Waals surface area contributed by atoms with Gasteiger partial charge in [-0.1, -0.05) is 23.9 Å². The highest BCUT2D eigenvalue weighted by Gasteiger charge is 2.08. The molecule has 0 fully saturated rings. The van der Waals surface area contributed by atoms with Crippen LogP contribution in [0.2, 0.25) is 0 Å². The zero-order valence-corrected chi connectivity index (χ0v) is 15.3. The maximum Gasteiger partial charge on any atom is 0.210 e. The van der Waals surface area contributed by atoms with Gasteiger partial charge in [0.25, 0.3) is 0 Å². The van der Waals surface area contributed by atoms with Gasteiger partial charge in [0.15, 0.2) is 0 Å². The number of benzene rings is 2. The zero-order valence-electron chi connectivity index (χ0n) is 12.8. The Morgan fingerprint density at radius 2 is 2.00 bits per heavy atom. The Labute approximate surface area is 154 Å². The molecule has 1 N–H and O–H groups in total. The molecule has 1 aliphatic heterocycles. The molecule has 0 aromatic heterocycles. The van der Waals surface area contributed by atoms with Crippen LogP contribution >= 0.6 is 28.7 Å². The molecule has 0 saturated carbocycles. The maximum atomic E-state index is 12.9. The number of amidine groups is 1. The maximum absolute atomic E-state index is 12.9. The van der Waals surface area contributed by atoms with Crippen molar-refractivity contribution in [3.63, 3.8) is 0 Å². The van der Waals surface area contributed by atoms with Gasteiger partial charge in [0.1, 0.15) is 11.6 Å². The van der Waals surface area contributed by atoms with Crippen LogP contribution in [0.5, 0.6) is 5.75 Å². The van der Waals surface area contributed by atoms with Crippen molar-refractivity contribution in [3.05, 3.63) is 70.9 Å². The summed E-state index contributed by atoms with van der Waals surface area (Å²) in [6.45, 7) is 0. The van der Waals surface area contributed by atoms with Crippen molar-refractivity contribution < 1.29 is 9.13 Å². The molecule has 0 radical (unpaired) electrons. The van der Waals surface area contributed by atoms with Gasteiger partial charge in [0.2, 0.25) is 5.17 Å². The van der Waals surface area contributed by atoms with Crippen molar-refractivity contribution in [2.24, 2.45) is 10.1 Å². The molecule has 0 aliphatic carbocycles. The van der Waals surface area contributed by atoms with Crippen LogP contribution in [-0.2, 0) is 0 Å². The first-order chi connectivity index (χ1) is 11.2. The van der Waals surface area contributed by atoms with Crippen LogP contribution in [0.15, 0.2) is 64.0 Å². The first-order valence-electron chi connectivity index (χ1n) is 6.89. The van der Waals surface area contributed by atoms with E-state index in [0.717, 1.165) is 22.6 Å². The molecule has 1 heterocycles. The van der Waals surface area contributed by atoms with Crippen LogP contribution < -0.4 is 10.2 Å². The van der Waals surface area contributed by atoms with E-state index in [-0.39, 0.29) is 22.8 Å². The Bertz CT molecular complexity index is 791. The summed E-state index contributed by atoms with van der Waals surface area (Å²) in [4.78, 5) is 4.34. The van der Waals surface area contributed by atoms with E-state index in [9.17, 15) is 4.39 Å². The predicted molar refractivity (Wildman–Crippen MR) is 103 cm³/mol. The fraction of sp³-hybridized carbons (Fsp3) is 0.0588. The lowest BCUT2D eigenvalue weighted by atomic mass is 10.2. The molecule has 0 spiro atoms. The van der Waals surface area contributed by atoms with E-state index in [4.69, 9.17) is 4.74 Å². The van der Waals surface area contributed by atoms with Gasteiger partial charge in [-0.3, -0.25) is 5.43 Å². The second-order valence-corrected chi connectivity index (χ2v) is 5.53. The summed E-state index contributed by atoms with van der Waals surface area (Å²) in [5.41, 5.74) is 5.55. The number of aliphatic imine (C=N–C) groups is 1. The van der Waals surface area contributed by atoms with Gasteiger partial charge in [-0.15, -0.1) is 22.1 Å². The standard InChI is InChI=1S/C17H14FN3OS.BrH/c1-22-15-4-2-3-12(9-15)10-19-17-21-20-16(11-23-17)13-5-7-14(18)8-6-13;/h2-11,20H,1H3;1H/b19-10+;. The highest BCUT2D eigenvalue weighted by molar-refractivity contribution is 8.93. The summed E-state index contributed by atoms with van der Waals surface area (Å²) >= 11 is 1.40. The summed E-state index contributed by atoms with van der Waals surface area (Å²) in [5, 5.41) is 6.70. The van der Waals surface area contributed by atoms with Crippen molar-refractivity contribution in [1.29, 1.82) is 0 Å². The molecule has 0 atom stereocenters. The van der Waals surface area contributed by atoms with E-state index in [1.165, 1.54) is 23.9 Å². The molecular formula is C17H15BrFN3OS. The van der Waals surface area contributed by atoms with Gasteiger partial charge in [-0.05, 0) is 42.0 Å². The molecule has 0 amide bonds. The van der Waals surface area contributed by atoms with Crippen LogP contribution in [0, 0.1) is 5.82 Å². The molecule has 2 aromatic carbocycles. The number of nitrogens with zero attached hydrogens (tertiary/aromatic N) is 2. The molecule has 4 nitrogen and oxygen atoms in total. The molecule has 0 saturated heterocycles. The van der Waals surface area contributed by atoms with E-state index in [0.29, 0.717) is 5.17 Å². The fourth-order valence-electron chi connectivity index (χ4n) is 1.95. The van der Waals surface area contributed by atoms with E-state index < -0.39 is 0 Å². The smallest absolute Gasteiger partial charge is 0.210 e. The topological polar surface area (TPSA) is 46.0 Å². The minimum absolute atomic E-state index is 0. The largest absolute Gasteiger partial charge is 0.497 e. The number of hydrogen-bond acceptors (Lipinski definition) is 5. The number of halogens is 2. The van der Waals surface area contributed by atoms with E-state index >= 15 is 0 Å². The molecule has 7 heteroatoms. The summed E-state index contributed by atoms with van der Waals surface area (Å²) in [5.74, 6) is 0.522. The minimum atomic E-state index is -0.259. The first-order valence-corrected chi connectivity index (χ1v) is 7.77. The normalized spacial score (nSPS) is 13.6. The van der Waals surface area contributed by atoms with Gasteiger partial charge in [-0.2, -0.15) is 0 Å². The summed E-state index contributed by atoms with van der Waals surface area (Å²) in [6, 6.07) is 13.9. The van der Waals surface area contributed by atoms with Crippen molar-refractivity contribution in [1.82, 2.24) is 5.43 Å². The third-order valence-electron chi connectivity index (χ3n) is 3.13. The Hall–Kier alpha value is -2.12. The van der Waals surface area contributed by atoms with Gasteiger partial charge >= 0.3 is 0 Å². The SMILES string of the molecule is Br.COc1cccc(/C=N/C2=NNC(c3ccc(F)cc3)=CS2)c1. The van der Waals surface area contributed by atoms with Crippen LogP contribution in [0.4, 0.5) is 4.39 Å². The second-order valence-electron chi connectivity index (χ2n) is 4.70. The quantitative estimate of drug-likeness (QED) is 0.764. The Balaban J connectivity index is 0.00000208. The minimum Gasteiger partial charge on any atom is -0.497 e. The number of hydrogen-bond donors (Lipinski definition) is 1. The summed E-state index contributed by atoms with van der Waals surface area (Å²) in [6.07, 6.45) is 1.73. The predicted octanol–water partition coefficient (Wildman–Crippen LogP) is 4.44. The lowest BCUT2D eigenvalue weighted by Crippen LogP contribution is -2.10. The average Bonchev–Trinajstić information content (AvgIpc) is 2.61. The number of thioether (sulfide) groups is 1. The molecule has 0 bridgehead atoms. The zero-order chi connectivity index (χ0) is 16.1. The Morgan fingerprint density at radius 1 is 1.21 bits per heavy atom. The number of rotatable bonds is 3.